The van der Waals surface area contributed by atoms with Gasteiger partial charge in [-0.25, -0.2) is 4.79 Å². The number of methoxy groups -OCH3 is 1. The molecule has 0 aliphatic heterocycles. The van der Waals surface area contributed by atoms with Gasteiger partial charge in [0.1, 0.15) is 0 Å². The molecule has 0 saturated heterocycles. The molecule has 1 aromatic rings. The maximum atomic E-state index is 11.2. The van der Waals surface area contributed by atoms with Crippen LogP contribution in [0, 0.1) is 5.92 Å². The molecule has 1 N–H and O–H groups in total. The summed E-state index contributed by atoms with van der Waals surface area (Å²) >= 11 is 0. The van der Waals surface area contributed by atoms with E-state index in [1.54, 1.807) is 24.3 Å². The molecule has 0 radical (unpaired) electrons. The van der Waals surface area contributed by atoms with Gasteiger partial charge in [0.05, 0.1) is 18.6 Å². The minimum absolute atomic E-state index is 0.0549. The number of aromatic carboxylic acids is 1. The Morgan fingerprint density at radius 3 is 2.44 bits per heavy atom. The molecule has 1 fully saturated rings. The topological polar surface area (TPSA) is 63.6 Å². The summed E-state index contributed by atoms with van der Waals surface area (Å²) in [5.41, 5.74) is 1.26. The van der Waals surface area contributed by atoms with Crippen LogP contribution in [0.3, 0.4) is 0 Å². The van der Waals surface area contributed by atoms with E-state index in [9.17, 15) is 9.59 Å². The standard InChI is InChI=1S/C12H12O4/c1-16-12(15)10-6-9(10)7-2-4-8(5-3-7)11(13)14/h2-5,9-10H,6H2,1H3,(H,13,14)/t9-,10-/m1/s1. The predicted octanol–water partition coefficient (Wildman–Crippen LogP) is 1.66. The zero-order chi connectivity index (χ0) is 11.7. The molecule has 0 aromatic heterocycles. The SMILES string of the molecule is COC(=O)[C@@H]1C[C@@H]1c1ccc(C(=O)O)cc1. The van der Waals surface area contributed by atoms with Crippen molar-refractivity contribution in [3.05, 3.63) is 35.4 Å². The van der Waals surface area contributed by atoms with Crippen LogP contribution in [0.15, 0.2) is 24.3 Å². The predicted molar refractivity (Wildman–Crippen MR) is 56.3 cm³/mol. The van der Waals surface area contributed by atoms with Crippen LogP contribution >= 0.6 is 0 Å². The lowest BCUT2D eigenvalue weighted by atomic mass is 10.1. The highest BCUT2D eigenvalue weighted by Gasteiger charge is 2.44. The highest BCUT2D eigenvalue weighted by atomic mass is 16.5. The molecule has 0 bridgehead atoms. The zero-order valence-electron chi connectivity index (χ0n) is 8.84. The quantitative estimate of drug-likeness (QED) is 0.787. The molecular weight excluding hydrogens is 208 g/mol. The van der Waals surface area contributed by atoms with E-state index in [2.05, 4.69) is 4.74 Å². The largest absolute Gasteiger partial charge is 0.478 e. The first-order valence-corrected chi connectivity index (χ1v) is 5.04. The molecule has 0 unspecified atom stereocenters. The zero-order valence-corrected chi connectivity index (χ0v) is 8.84. The third kappa shape index (κ3) is 1.91. The third-order valence-corrected chi connectivity index (χ3v) is 2.88. The Kier molecular flexibility index (Phi) is 2.64. The number of rotatable bonds is 3. The molecule has 4 nitrogen and oxygen atoms in total. The van der Waals surface area contributed by atoms with Crippen molar-refractivity contribution >= 4 is 11.9 Å². The van der Waals surface area contributed by atoms with E-state index in [1.807, 2.05) is 0 Å². The summed E-state index contributed by atoms with van der Waals surface area (Å²) in [6.45, 7) is 0. The van der Waals surface area contributed by atoms with Crippen molar-refractivity contribution in [2.45, 2.75) is 12.3 Å². The van der Waals surface area contributed by atoms with Gasteiger partial charge in [-0.15, -0.1) is 0 Å². The molecular formula is C12H12O4. The first kappa shape index (κ1) is 10.7. The molecule has 1 aliphatic rings. The smallest absolute Gasteiger partial charge is 0.335 e. The Labute approximate surface area is 92.8 Å². The number of carboxylic acids is 1. The van der Waals surface area contributed by atoms with Crippen LogP contribution in [-0.4, -0.2) is 24.2 Å². The highest BCUT2D eigenvalue weighted by molar-refractivity contribution is 5.87. The van der Waals surface area contributed by atoms with Gasteiger partial charge in [0, 0.05) is 0 Å². The van der Waals surface area contributed by atoms with Gasteiger partial charge < -0.3 is 9.84 Å². The fourth-order valence-electron chi connectivity index (χ4n) is 1.85. The molecule has 1 aromatic carbocycles. The maximum Gasteiger partial charge on any atom is 0.335 e. The van der Waals surface area contributed by atoms with Crippen LogP contribution in [0.1, 0.15) is 28.3 Å². The van der Waals surface area contributed by atoms with Gasteiger partial charge in [-0.2, -0.15) is 0 Å². The average Bonchev–Trinajstić information content (AvgIpc) is 3.08. The monoisotopic (exact) mass is 220 g/mol. The van der Waals surface area contributed by atoms with Gasteiger partial charge in [0.25, 0.3) is 0 Å². The first-order chi connectivity index (χ1) is 7.63. The van der Waals surface area contributed by atoms with Crippen molar-refractivity contribution in [3.8, 4) is 0 Å². The minimum Gasteiger partial charge on any atom is -0.478 e. The second kappa shape index (κ2) is 3.96. The van der Waals surface area contributed by atoms with E-state index >= 15 is 0 Å². The average molecular weight is 220 g/mol. The van der Waals surface area contributed by atoms with E-state index in [0.29, 0.717) is 0 Å². The molecule has 2 atom stereocenters. The van der Waals surface area contributed by atoms with Gasteiger partial charge in [-0.1, -0.05) is 12.1 Å². The normalized spacial score (nSPS) is 22.6. The fraction of sp³-hybridized carbons (Fsp3) is 0.333. The van der Waals surface area contributed by atoms with Crippen LogP contribution < -0.4 is 0 Å². The number of carbonyl (C=O) groups excluding carboxylic acids is 1. The van der Waals surface area contributed by atoms with Gasteiger partial charge >= 0.3 is 11.9 Å². The van der Waals surface area contributed by atoms with Crippen LogP contribution in [0.2, 0.25) is 0 Å². The Morgan fingerprint density at radius 1 is 1.31 bits per heavy atom. The van der Waals surface area contributed by atoms with Gasteiger partial charge in [0.2, 0.25) is 0 Å². The van der Waals surface area contributed by atoms with Crippen molar-refractivity contribution in [3.63, 3.8) is 0 Å². The molecule has 16 heavy (non-hydrogen) atoms. The van der Waals surface area contributed by atoms with E-state index in [1.165, 1.54) is 7.11 Å². The molecule has 4 heteroatoms. The van der Waals surface area contributed by atoms with Crippen LogP contribution in [0.4, 0.5) is 0 Å². The lowest BCUT2D eigenvalue weighted by molar-refractivity contribution is -0.142. The van der Waals surface area contributed by atoms with E-state index < -0.39 is 5.97 Å². The molecule has 0 amide bonds. The number of benzene rings is 1. The summed E-state index contributed by atoms with van der Waals surface area (Å²) in [4.78, 5) is 21.9. The molecule has 0 spiro atoms. The Balaban J connectivity index is 2.07. The Morgan fingerprint density at radius 2 is 1.94 bits per heavy atom. The number of carboxylic acid groups (broad SMARTS) is 1. The number of hydrogen-bond donors (Lipinski definition) is 1. The first-order valence-electron chi connectivity index (χ1n) is 5.04. The number of carbonyl (C=O) groups is 2. The summed E-state index contributed by atoms with van der Waals surface area (Å²) < 4.78 is 4.65. The van der Waals surface area contributed by atoms with E-state index in [0.717, 1.165) is 12.0 Å². The molecule has 1 aliphatic carbocycles. The lowest BCUT2D eigenvalue weighted by Gasteiger charge is -2.00. The summed E-state index contributed by atoms with van der Waals surface area (Å²) in [6, 6.07) is 6.64. The summed E-state index contributed by atoms with van der Waals surface area (Å²) in [6.07, 6.45) is 0.791. The second-order valence-electron chi connectivity index (χ2n) is 3.90. The summed E-state index contributed by atoms with van der Waals surface area (Å²) in [5.74, 6) is -0.991. The molecule has 1 saturated carbocycles. The minimum atomic E-state index is -0.938. The van der Waals surface area contributed by atoms with Crippen molar-refractivity contribution in [2.75, 3.05) is 7.11 Å². The second-order valence-corrected chi connectivity index (χ2v) is 3.90. The van der Waals surface area contributed by atoms with Crippen molar-refractivity contribution in [2.24, 2.45) is 5.92 Å². The van der Waals surface area contributed by atoms with Gasteiger partial charge in [-0.05, 0) is 30.0 Å². The van der Waals surface area contributed by atoms with Crippen LogP contribution in [-0.2, 0) is 9.53 Å². The molecule has 0 heterocycles. The Bertz CT molecular complexity index is 421. The van der Waals surface area contributed by atoms with Crippen molar-refractivity contribution in [1.82, 2.24) is 0 Å². The van der Waals surface area contributed by atoms with Crippen molar-refractivity contribution in [1.29, 1.82) is 0 Å². The van der Waals surface area contributed by atoms with E-state index in [4.69, 9.17) is 5.11 Å². The van der Waals surface area contributed by atoms with Gasteiger partial charge in [0.15, 0.2) is 0 Å². The molecule has 2 rings (SSSR count). The van der Waals surface area contributed by atoms with Crippen LogP contribution in [0.5, 0.6) is 0 Å². The number of esters is 1. The maximum absolute atomic E-state index is 11.2. The third-order valence-electron chi connectivity index (χ3n) is 2.88. The highest BCUT2D eigenvalue weighted by Crippen LogP contribution is 2.47. The fourth-order valence-corrected chi connectivity index (χ4v) is 1.85. The van der Waals surface area contributed by atoms with E-state index in [-0.39, 0.29) is 23.4 Å². The Hall–Kier alpha value is -1.84. The van der Waals surface area contributed by atoms with Gasteiger partial charge in [-0.3, -0.25) is 4.79 Å². The number of hydrogen-bond acceptors (Lipinski definition) is 3. The molecule has 84 valence electrons. The van der Waals surface area contributed by atoms with Crippen LogP contribution in [0.25, 0.3) is 0 Å². The lowest BCUT2D eigenvalue weighted by Crippen LogP contribution is -2.04. The number of ether oxygens (including phenoxy) is 1. The summed E-state index contributed by atoms with van der Waals surface area (Å²) in [7, 11) is 1.38. The van der Waals surface area contributed by atoms with Crippen molar-refractivity contribution < 1.29 is 19.4 Å². The summed E-state index contributed by atoms with van der Waals surface area (Å²) in [5, 5.41) is 8.73.